The number of rotatable bonds is 2. The molecule has 0 aromatic heterocycles. The minimum absolute atomic E-state index is 0.128. The number of hydrogen-bond donors (Lipinski definition) is 1. The van der Waals surface area contributed by atoms with Crippen LogP contribution in [0.15, 0.2) is 0 Å². The van der Waals surface area contributed by atoms with Crippen LogP contribution in [0.3, 0.4) is 0 Å². The van der Waals surface area contributed by atoms with E-state index in [0.29, 0.717) is 0 Å². The maximum absolute atomic E-state index is 12.4. The van der Waals surface area contributed by atoms with Crippen molar-refractivity contribution in [2.24, 2.45) is 5.92 Å². The summed E-state index contributed by atoms with van der Waals surface area (Å²) in [5, 5.41) is 8.41. The van der Waals surface area contributed by atoms with Gasteiger partial charge in [-0.1, -0.05) is 0 Å². The Morgan fingerprint density at radius 3 is 2.10 bits per heavy atom. The molecule has 60 valence electrons. The molecule has 0 radical (unpaired) electrons. The van der Waals surface area contributed by atoms with E-state index < -0.39 is 18.2 Å². The van der Waals surface area contributed by atoms with Gasteiger partial charge in [-0.25, -0.2) is 13.2 Å². The van der Waals surface area contributed by atoms with Gasteiger partial charge in [0.2, 0.25) is 0 Å². The molecule has 2 nitrogen and oxygen atoms in total. The van der Waals surface area contributed by atoms with Gasteiger partial charge in [0.15, 0.2) is 0 Å². The molecule has 1 N–H and O–H groups in total. The topological polar surface area (TPSA) is 29.5 Å². The first-order chi connectivity index (χ1) is 4.55. The summed E-state index contributed by atoms with van der Waals surface area (Å²) in [5.41, 5.74) is 0. The summed E-state index contributed by atoms with van der Waals surface area (Å²) in [6, 6.07) is 0. The lowest BCUT2D eigenvalue weighted by molar-refractivity contribution is -0.267. The van der Waals surface area contributed by atoms with Gasteiger partial charge in [-0.2, -0.15) is 0 Å². The fourth-order valence-corrected chi connectivity index (χ4v) is 0.648. The van der Waals surface area contributed by atoms with Gasteiger partial charge >= 0.3 is 0 Å². The molecular formula is C5H7F3O2. The van der Waals surface area contributed by atoms with Crippen LogP contribution in [0.25, 0.3) is 0 Å². The van der Waals surface area contributed by atoms with E-state index in [1.165, 1.54) is 0 Å². The highest BCUT2D eigenvalue weighted by Gasteiger charge is 2.49. The zero-order valence-electron chi connectivity index (χ0n) is 5.06. The smallest absolute Gasteiger partial charge is 0.296 e. The number of halogens is 3. The second-order valence-corrected chi connectivity index (χ2v) is 2.26. The summed E-state index contributed by atoms with van der Waals surface area (Å²) in [6.07, 6.45) is -3.35. The molecule has 5 heteroatoms. The Balaban J connectivity index is 2.48. The van der Waals surface area contributed by atoms with Crippen molar-refractivity contribution < 1.29 is 23.0 Å². The molecule has 0 saturated carbocycles. The maximum Gasteiger partial charge on any atom is 0.296 e. The van der Waals surface area contributed by atoms with Crippen LogP contribution in [0.5, 0.6) is 0 Å². The van der Waals surface area contributed by atoms with Crippen molar-refractivity contribution in [3.63, 3.8) is 0 Å². The Bertz CT molecular complexity index is 122. The normalized spacial score (nSPS) is 26.1. The predicted octanol–water partition coefficient (Wildman–Crippen LogP) is 0.556. The molecule has 1 aliphatic heterocycles. The average molecular weight is 156 g/mol. The van der Waals surface area contributed by atoms with Crippen LogP contribution in [-0.2, 0) is 4.74 Å². The molecule has 1 unspecified atom stereocenters. The summed E-state index contributed by atoms with van der Waals surface area (Å²) in [7, 11) is 0. The highest BCUT2D eigenvalue weighted by molar-refractivity contribution is 4.82. The number of ether oxygens (including phenoxy) is 1. The van der Waals surface area contributed by atoms with Crippen molar-refractivity contribution in [1.29, 1.82) is 0 Å². The third-order valence-electron chi connectivity index (χ3n) is 1.52. The van der Waals surface area contributed by atoms with E-state index in [-0.39, 0.29) is 13.2 Å². The van der Waals surface area contributed by atoms with E-state index in [4.69, 9.17) is 5.11 Å². The van der Waals surface area contributed by atoms with Crippen molar-refractivity contribution >= 4 is 0 Å². The van der Waals surface area contributed by atoms with Gasteiger partial charge in [-0.15, -0.1) is 0 Å². The van der Waals surface area contributed by atoms with Crippen LogP contribution < -0.4 is 0 Å². The average Bonchev–Trinajstić information content (AvgIpc) is 1.57. The van der Waals surface area contributed by atoms with Crippen molar-refractivity contribution in [1.82, 2.24) is 0 Å². The van der Waals surface area contributed by atoms with E-state index >= 15 is 0 Å². The highest BCUT2D eigenvalue weighted by atomic mass is 19.3. The number of alkyl halides is 3. The SMILES string of the molecule is OC(F)(C(F)F)C1COC1. The second kappa shape index (κ2) is 2.39. The zero-order valence-corrected chi connectivity index (χ0v) is 5.06. The zero-order chi connectivity index (χ0) is 7.78. The van der Waals surface area contributed by atoms with E-state index in [2.05, 4.69) is 4.74 Å². The third-order valence-corrected chi connectivity index (χ3v) is 1.52. The van der Waals surface area contributed by atoms with E-state index in [9.17, 15) is 13.2 Å². The molecule has 0 bridgehead atoms. The molecule has 0 spiro atoms. The minimum Gasteiger partial charge on any atom is -0.380 e. The molecular weight excluding hydrogens is 149 g/mol. The van der Waals surface area contributed by atoms with E-state index in [1.807, 2.05) is 0 Å². The van der Waals surface area contributed by atoms with Crippen LogP contribution in [0.1, 0.15) is 0 Å². The molecule has 1 atom stereocenters. The Kier molecular flexibility index (Phi) is 1.87. The first-order valence-electron chi connectivity index (χ1n) is 2.82. The van der Waals surface area contributed by atoms with Crippen molar-refractivity contribution in [3.8, 4) is 0 Å². The van der Waals surface area contributed by atoms with Gasteiger partial charge in [0.25, 0.3) is 12.3 Å². The van der Waals surface area contributed by atoms with Crippen LogP contribution in [0.4, 0.5) is 13.2 Å². The minimum atomic E-state index is -3.36. The Labute approximate surface area is 55.6 Å². The van der Waals surface area contributed by atoms with Crippen LogP contribution in [-0.4, -0.2) is 30.6 Å². The maximum atomic E-state index is 12.4. The third kappa shape index (κ3) is 1.11. The molecule has 0 aromatic rings. The fourth-order valence-electron chi connectivity index (χ4n) is 0.648. The molecule has 1 fully saturated rings. The van der Waals surface area contributed by atoms with E-state index in [1.54, 1.807) is 0 Å². The van der Waals surface area contributed by atoms with Crippen LogP contribution in [0, 0.1) is 5.92 Å². The van der Waals surface area contributed by atoms with Gasteiger partial charge < -0.3 is 9.84 Å². The Morgan fingerprint density at radius 2 is 2.00 bits per heavy atom. The van der Waals surface area contributed by atoms with Crippen LogP contribution >= 0.6 is 0 Å². The Morgan fingerprint density at radius 1 is 1.50 bits per heavy atom. The number of hydrogen-bond acceptors (Lipinski definition) is 2. The van der Waals surface area contributed by atoms with Gasteiger partial charge in [0, 0.05) is 0 Å². The second-order valence-electron chi connectivity index (χ2n) is 2.26. The summed E-state index contributed by atoms with van der Waals surface area (Å²) in [4.78, 5) is 0. The van der Waals surface area contributed by atoms with Crippen LogP contribution in [0.2, 0.25) is 0 Å². The molecule has 1 rings (SSSR count). The summed E-state index contributed by atoms with van der Waals surface area (Å²) >= 11 is 0. The summed E-state index contributed by atoms with van der Waals surface area (Å²) in [5.74, 6) is -4.43. The molecule has 0 aromatic carbocycles. The molecule has 1 heterocycles. The Hall–Kier alpha value is -0.290. The molecule has 10 heavy (non-hydrogen) atoms. The molecule has 1 saturated heterocycles. The van der Waals surface area contributed by atoms with Crippen molar-refractivity contribution in [3.05, 3.63) is 0 Å². The largest absolute Gasteiger partial charge is 0.380 e. The highest BCUT2D eigenvalue weighted by Crippen LogP contribution is 2.31. The fraction of sp³-hybridized carbons (Fsp3) is 1.00. The van der Waals surface area contributed by atoms with Gasteiger partial charge in [0.1, 0.15) is 0 Å². The monoisotopic (exact) mass is 156 g/mol. The first-order valence-corrected chi connectivity index (χ1v) is 2.82. The summed E-state index contributed by atoms with van der Waals surface area (Å²) < 4.78 is 40.0. The standard InChI is InChI=1S/C5H7F3O2/c6-4(7)5(8,9)3-1-10-2-3/h3-4,9H,1-2H2. The first kappa shape index (κ1) is 7.81. The van der Waals surface area contributed by atoms with Gasteiger partial charge in [0.05, 0.1) is 19.1 Å². The summed E-state index contributed by atoms with van der Waals surface area (Å²) in [6.45, 7) is -0.255. The lowest BCUT2D eigenvalue weighted by Crippen LogP contribution is -2.50. The van der Waals surface area contributed by atoms with Gasteiger partial charge in [-0.05, 0) is 0 Å². The molecule has 1 aliphatic rings. The molecule has 0 aliphatic carbocycles. The number of aliphatic hydroxyl groups is 1. The quantitative estimate of drug-likeness (QED) is 0.632. The lowest BCUT2D eigenvalue weighted by atomic mass is 9.99. The van der Waals surface area contributed by atoms with Gasteiger partial charge in [-0.3, -0.25) is 0 Å². The van der Waals surface area contributed by atoms with Crippen molar-refractivity contribution in [2.45, 2.75) is 12.3 Å². The lowest BCUT2D eigenvalue weighted by Gasteiger charge is -2.34. The van der Waals surface area contributed by atoms with E-state index in [0.717, 1.165) is 0 Å². The van der Waals surface area contributed by atoms with Crippen molar-refractivity contribution in [2.75, 3.05) is 13.2 Å². The molecule has 0 amide bonds. The predicted molar refractivity (Wildman–Crippen MR) is 26.4 cm³/mol.